The Labute approximate surface area is 166 Å². The third-order valence-corrected chi connectivity index (χ3v) is 5.64. The summed E-state index contributed by atoms with van der Waals surface area (Å²) >= 11 is 0. The molecule has 28 heavy (non-hydrogen) atoms. The summed E-state index contributed by atoms with van der Waals surface area (Å²) in [4.78, 5) is 21.8. The van der Waals surface area contributed by atoms with E-state index in [0.717, 1.165) is 62.6 Å². The molecule has 2 amide bonds. The molecule has 1 aromatic carbocycles. The van der Waals surface area contributed by atoms with Crippen molar-refractivity contribution in [3.8, 4) is 11.3 Å². The Morgan fingerprint density at radius 1 is 1.11 bits per heavy atom. The van der Waals surface area contributed by atoms with Gasteiger partial charge in [-0.1, -0.05) is 30.3 Å². The van der Waals surface area contributed by atoms with Crippen LogP contribution in [0.3, 0.4) is 0 Å². The zero-order valence-electron chi connectivity index (χ0n) is 16.4. The highest BCUT2D eigenvalue weighted by Crippen LogP contribution is 2.26. The summed E-state index contributed by atoms with van der Waals surface area (Å²) in [5.74, 6) is 0. The maximum atomic E-state index is 12.8. The van der Waals surface area contributed by atoms with Crippen LogP contribution in [0.1, 0.15) is 19.8 Å². The van der Waals surface area contributed by atoms with Gasteiger partial charge in [0.15, 0.2) is 0 Å². The number of rotatable bonds is 3. The average Bonchev–Trinajstić information content (AvgIpc) is 2.75. The molecule has 1 aromatic heterocycles. The van der Waals surface area contributed by atoms with Crippen LogP contribution in [0.5, 0.6) is 0 Å². The quantitative estimate of drug-likeness (QED) is 0.886. The fraction of sp³-hybridized carbons (Fsp3) is 0.455. The van der Waals surface area contributed by atoms with E-state index in [1.807, 2.05) is 47.4 Å². The topological polar surface area (TPSA) is 57.7 Å². The maximum Gasteiger partial charge on any atom is 0.321 e. The minimum absolute atomic E-state index is 0.0426. The lowest BCUT2D eigenvalue weighted by molar-refractivity contribution is -0.0415. The number of hydrogen-bond acceptors (Lipinski definition) is 4. The van der Waals surface area contributed by atoms with Crippen LogP contribution in [0.2, 0.25) is 0 Å². The summed E-state index contributed by atoms with van der Waals surface area (Å²) in [7, 11) is 0. The third kappa shape index (κ3) is 4.34. The molecule has 6 heteroatoms. The Hall–Kier alpha value is -2.44. The van der Waals surface area contributed by atoms with E-state index >= 15 is 0 Å². The van der Waals surface area contributed by atoms with Crippen LogP contribution in [-0.2, 0) is 4.74 Å². The maximum absolute atomic E-state index is 12.8. The number of piperidine rings is 1. The average molecular weight is 380 g/mol. The summed E-state index contributed by atoms with van der Waals surface area (Å²) < 4.78 is 5.65. The lowest BCUT2D eigenvalue weighted by Crippen LogP contribution is -2.52. The van der Waals surface area contributed by atoms with Gasteiger partial charge in [-0.3, -0.25) is 9.88 Å². The zero-order chi connectivity index (χ0) is 19.3. The predicted molar refractivity (Wildman–Crippen MR) is 110 cm³/mol. The molecule has 0 bridgehead atoms. The third-order valence-electron chi connectivity index (χ3n) is 5.64. The number of hydrogen-bond donors (Lipinski definition) is 1. The molecule has 6 nitrogen and oxygen atoms in total. The van der Waals surface area contributed by atoms with E-state index in [0.29, 0.717) is 12.1 Å². The summed E-state index contributed by atoms with van der Waals surface area (Å²) in [5.41, 5.74) is 2.55. The molecule has 4 rings (SSSR count). The lowest BCUT2D eigenvalue weighted by Gasteiger charge is -2.41. The van der Waals surface area contributed by atoms with Gasteiger partial charge in [-0.25, -0.2) is 4.79 Å². The molecule has 0 radical (unpaired) electrons. The van der Waals surface area contributed by atoms with Crippen molar-refractivity contribution < 1.29 is 9.53 Å². The molecule has 1 atom stereocenters. The summed E-state index contributed by atoms with van der Waals surface area (Å²) in [6.07, 6.45) is 4.08. The van der Waals surface area contributed by atoms with E-state index < -0.39 is 0 Å². The summed E-state index contributed by atoms with van der Waals surface area (Å²) in [6, 6.07) is 14.2. The second-order valence-electron chi connectivity index (χ2n) is 7.59. The molecule has 2 fully saturated rings. The Balaban J connectivity index is 1.37. The second kappa shape index (κ2) is 8.71. The van der Waals surface area contributed by atoms with Gasteiger partial charge < -0.3 is 15.0 Å². The minimum atomic E-state index is -0.0426. The standard InChI is InChI=1S/C22H28N4O2/c1-17-16-26(14-15-28-17)19-9-12-25(13-10-19)22(27)24-20-8-5-11-23-21(20)18-6-3-2-4-7-18/h2-8,11,17,19H,9-10,12-16H2,1H3,(H,24,27). The molecule has 0 saturated carbocycles. The molecule has 148 valence electrons. The van der Waals surface area contributed by atoms with E-state index in [4.69, 9.17) is 4.74 Å². The SMILES string of the molecule is CC1CN(C2CCN(C(=O)Nc3cccnc3-c3ccccc3)CC2)CCO1. The molecule has 0 spiro atoms. The van der Waals surface area contributed by atoms with Gasteiger partial charge in [-0.15, -0.1) is 0 Å². The van der Waals surface area contributed by atoms with E-state index in [1.165, 1.54) is 0 Å². The number of nitrogens with one attached hydrogen (secondary N) is 1. The van der Waals surface area contributed by atoms with Crippen LogP contribution in [0.15, 0.2) is 48.7 Å². The minimum Gasteiger partial charge on any atom is -0.376 e. The number of benzene rings is 1. The fourth-order valence-electron chi connectivity index (χ4n) is 4.14. The van der Waals surface area contributed by atoms with Gasteiger partial charge in [0.25, 0.3) is 0 Å². The number of urea groups is 1. The predicted octanol–water partition coefficient (Wildman–Crippen LogP) is 3.47. The first kappa shape index (κ1) is 18.9. The molecule has 2 saturated heterocycles. The molecular weight excluding hydrogens is 352 g/mol. The number of pyridine rings is 1. The van der Waals surface area contributed by atoms with Crippen molar-refractivity contribution in [3.05, 3.63) is 48.7 Å². The number of carbonyl (C=O) groups is 1. The van der Waals surface area contributed by atoms with Crippen molar-refractivity contribution in [2.45, 2.75) is 31.9 Å². The lowest BCUT2D eigenvalue weighted by atomic mass is 10.0. The van der Waals surface area contributed by atoms with Crippen LogP contribution in [0.4, 0.5) is 10.5 Å². The van der Waals surface area contributed by atoms with Crippen LogP contribution in [-0.4, -0.2) is 65.7 Å². The first-order chi connectivity index (χ1) is 13.7. The Kier molecular flexibility index (Phi) is 5.88. The number of carbonyl (C=O) groups excluding carboxylic acids is 1. The smallest absolute Gasteiger partial charge is 0.321 e. The first-order valence-electron chi connectivity index (χ1n) is 10.1. The number of likely N-dealkylation sites (tertiary alicyclic amines) is 1. The van der Waals surface area contributed by atoms with Gasteiger partial charge in [0.05, 0.1) is 24.1 Å². The molecular formula is C22H28N4O2. The number of nitrogens with zero attached hydrogens (tertiary/aromatic N) is 3. The van der Waals surface area contributed by atoms with Crippen molar-refractivity contribution in [2.75, 3.05) is 38.1 Å². The van der Waals surface area contributed by atoms with Gasteiger partial charge in [-0.2, -0.15) is 0 Å². The van der Waals surface area contributed by atoms with Crippen LogP contribution < -0.4 is 5.32 Å². The molecule has 2 aliphatic heterocycles. The normalized spacial score (nSPS) is 21.5. The number of aromatic nitrogens is 1. The van der Waals surface area contributed by atoms with E-state index in [2.05, 4.69) is 22.1 Å². The molecule has 1 N–H and O–H groups in total. The summed E-state index contributed by atoms with van der Waals surface area (Å²) in [6.45, 7) is 6.49. The Morgan fingerprint density at radius 3 is 2.64 bits per heavy atom. The van der Waals surface area contributed by atoms with Crippen molar-refractivity contribution in [1.29, 1.82) is 0 Å². The van der Waals surface area contributed by atoms with Crippen LogP contribution in [0.25, 0.3) is 11.3 Å². The summed E-state index contributed by atoms with van der Waals surface area (Å²) in [5, 5.41) is 3.07. The largest absolute Gasteiger partial charge is 0.376 e. The molecule has 2 aliphatic rings. The number of ether oxygens (including phenoxy) is 1. The number of morpholine rings is 1. The van der Waals surface area contributed by atoms with Gasteiger partial charge in [0, 0.05) is 44.0 Å². The monoisotopic (exact) mass is 380 g/mol. The van der Waals surface area contributed by atoms with E-state index in [9.17, 15) is 4.79 Å². The second-order valence-corrected chi connectivity index (χ2v) is 7.59. The van der Waals surface area contributed by atoms with Crippen molar-refractivity contribution in [1.82, 2.24) is 14.8 Å². The molecule has 2 aromatic rings. The number of anilines is 1. The highest BCUT2D eigenvalue weighted by molar-refractivity contribution is 5.93. The fourth-order valence-corrected chi connectivity index (χ4v) is 4.14. The van der Waals surface area contributed by atoms with Crippen molar-refractivity contribution >= 4 is 11.7 Å². The van der Waals surface area contributed by atoms with Crippen LogP contribution >= 0.6 is 0 Å². The Bertz CT molecular complexity index is 790. The molecule has 0 aliphatic carbocycles. The zero-order valence-corrected chi connectivity index (χ0v) is 16.4. The highest BCUT2D eigenvalue weighted by atomic mass is 16.5. The van der Waals surface area contributed by atoms with Gasteiger partial charge >= 0.3 is 6.03 Å². The van der Waals surface area contributed by atoms with Gasteiger partial charge in [0.1, 0.15) is 0 Å². The molecule has 3 heterocycles. The molecule has 1 unspecified atom stereocenters. The van der Waals surface area contributed by atoms with Gasteiger partial charge in [0.2, 0.25) is 0 Å². The number of amides is 2. The first-order valence-corrected chi connectivity index (χ1v) is 10.1. The van der Waals surface area contributed by atoms with Crippen molar-refractivity contribution in [2.24, 2.45) is 0 Å². The van der Waals surface area contributed by atoms with E-state index in [1.54, 1.807) is 6.20 Å². The highest BCUT2D eigenvalue weighted by Gasteiger charge is 2.29. The Morgan fingerprint density at radius 2 is 1.89 bits per heavy atom. The van der Waals surface area contributed by atoms with Gasteiger partial charge in [-0.05, 0) is 31.9 Å². The van der Waals surface area contributed by atoms with Crippen molar-refractivity contribution in [3.63, 3.8) is 0 Å². The van der Waals surface area contributed by atoms with Crippen LogP contribution in [0, 0.1) is 0 Å². The van der Waals surface area contributed by atoms with E-state index in [-0.39, 0.29) is 6.03 Å².